The summed E-state index contributed by atoms with van der Waals surface area (Å²) in [6.45, 7) is 0. The Labute approximate surface area is 160 Å². The van der Waals surface area contributed by atoms with Gasteiger partial charge in [-0.05, 0) is 36.4 Å². The number of hydrogen-bond donors (Lipinski definition) is 2. The Balaban J connectivity index is 1.78. The first kappa shape index (κ1) is 18.0. The van der Waals surface area contributed by atoms with E-state index < -0.39 is 0 Å². The minimum absolute atomic E-state index is 0.306. The fraction of sp³-hybridized carbons (Fsp3) is 0.0526. The van der Waals surface area contributed by atoms with Crippen LogP contribution in [0.2, 0.25) is 10.0 Å². The minimum atomic E-state index is -0.306. The van der Waals surface area contributed by atoms with Crippen LogP contribution in [0.15, 0.2) is 60.9 Å². The number of carbonyl (C=O) groups excluding carboxylic acids is 1. The zero-order valence-corrected chi connectivity index (χ0v) is 15.3. The SMILES string of the molecule is COc1ccccc1Nc1cncc(C(=O)Nc2ccc(Cl)c(Cl)c2)c1. The number of ether oxygens (including phenoxy) is 1. The van der Waals surface area contributed by atoms with Gasteiger partial charge < -0.3 is 15.4 Å². The number of nitrogens with one attached hydrogen (secondary N) is 2. The molecular formula is C19H15Cl2N3O2. The van der Waals surface area contributed by atoms with Crippen LogP contribution in [0.4, 0.5) is 17.1 Å². The Morgan fingerprint density at radius 2 is 1.81 bits per heavy atom. The summed E-state index contributed by atoms with van der Waals surface area (Å²) in [4.78, 5) is 16.6. The predicted molar refractivity (Wildman–Crippen MR) is 105 cm³/mol. The molecule has 132 valence electrons. The number of rotatable bonds is 5. The molecule has 0 saturated heterocycles. The average molecular weight is 388 g/mol. The highest BCUT2D eigenvalue weighted by atomic mass is 35.5. The van der Waals surface area contributed by atoms with Gasteiger partial charge in [0.1, 0.15) is 5.75 Å². The van der Waals surface area contributed by atoms with Gasteiger partial charge in [0.15, 0.2) is 0 Å². The number of carbonyl (C=O) groups is 1. The third-order valence-electron chi connectivity index (χ3n) is 3.56. The van der Waals surface area contributed by atoms with Crippen molar-refractivity contribution in [1.29, 1.82) is 0 Å². The monoisotopic (exact) mass is 387 g/mol. The number of anilines is 3. The van der Waals surface area contributed by atoms with Crippen molar-refractivity contribution in [3.05, 3.63) is 76.5 Å². The Morgan fingerprint density at radius 1 is 1.00 bits per heavy atom. The minimum Gasteiger partial charge on any atom is -0.495 e. The molecule has 0 bridgehead atoms. The lowest BCUT2D eigenvalue weighted by Crippen LogP contribution is -2.12. The summed E-state index contributed by atoms with van der Waals surface area (Å²) in [5.74, 6) is 0.387. The topological polar surface area (TPSA) is 63.2 Å². The van der Waals surface area contributed by atoms with Crippen LogP contribution in [0.1, 0.15) is 10.4 Å². The Hall–Kier alpha value is -2.76. The first-order chi connectivity index (χ1) is 12.6. The highest BCUT2D eigenvalue weighted by Crippen LogP contribution is 2.28. The molecule has 3 rings (SSSR count). The predicted octanol–water partition coefficient (Wildman–Crippen LogP) is 5.39. The van der Waals surface area contributed by atoms with E-state index in [0.29, 0.717) is 32.7 Å². The van der Waals surface area contributed by atoms with Crippen LogP contribution in [-0.4, -0.2) is 18.0 Å². The number of amides is 1. The summed E-state index contributed by atoms with van der Waals surface area (Å²) in [5.41, 5.74) is 2.39. The van der Waals surface area contributed by atoms with Crippen LogP contribution in [0.5, 0.6) is 5.75 Å². The average Bonchev–Trinajstić information content (AvgIpc) is 2.65. The fourth-order valence-corrected chi connectivity index (χ4v) is 2.61. The van der Waals surface area contributed by atoms with Gasteiger partial charge in [0.25, 0.3) is 5.91 Å². The molecule has 0 saturated carbocycles. The lowest BCUT2D eigenvalue weighted by molar-refractivity contribution is 0.102. The van der Waals surface area contributed by atoms with E-state index >= 15 is 0 Å². The van der Waals surface area contributed by atoms with Crippen molar-refractivity contribution in [2.45, 2.75) is 0 Å². The second kappa shape index (κ2) is 8.08. The number of hydrogen-bond acceptors (Lipinski definition) is 4. The summed E-state index contributed by atoms with van der Waals surface area (Å²) < 4.78 is 5.31. The van der Waals surface area contributed by atoms with Gasteiger partial charge in [-0.1, -0.05) is 35.3 Å². The van der Waals surface area contributed by atoms with Crippen LogP contribution in [0, 0.1) is 0 Å². The maximum Gasteiger partial charge on any atom is 0.257 e. The molecule has 1 amide bonds. The number of pyridine rings is 1. The quantitative estimate of drug-likeness (QED) is 0.615. The first-order valence-electron chi connectivity index (χ1n) is 7.68. The van der Waals surface area contributed by atoms with E-state index in [1.807, 2.05) is 24.3 Å². The van der Waals surface area contributed by atoms with E-state index in [1.165, 1.54) is 6.20 Å². The summed E-state index contributed by atoms with van der Waals surface area (Å²) in [5, 5.41) is 6.75. The van der Waals surface area contributed by atoms with Crippen LogP contribution >= 0.6 is 23.2 Å². The number of halogens is 2. The smallest absolute Gasteiger partial charge is 0.257 e. The molecule has 7 heteroatoms. The van der Waals surface area contributed by atoms with Crippen LogP contribution in [0.25, 0.3) is 0 Å². The lowest BCUT2D eigenvalue weighted by Gasteiger charge is -2.11. The molecular weight excluding hydrogens is 373 g/mol. The van der Waals surface area contributed by atoms with E-state index in [-0.39, 0.29) is 5.91 Å². The van der Waals surface area contributed by atoms with Gasteiger partial charge >= 0.3 is 0 Å². The zero-order chi connectivity index (χ0) is 18.5. The Kier molecular flexibility index (Phi) is 5.61. The molecule has 2 N–H and O–H groups in total. The number of para-hydroxylation sites is 2. The van der Waals surface area contributed by atoms with Crippen molar-refractivity contribution in [1.82, 2.24) is 4.98 Å². The van der Waals surface area contributed by atoms with E-state index in [0.717, 1.165) is 5.69 Å². The highest BCUT2D eigenvalue weighted by Gasteiger charge is 2.10. The van der Waals surface area contributed by atoms with Gasteiger partial charge in [0.2, 0.25) is 0 Å². The van der Waals surface area contributed by atoms with Crippen molar-refractivity contribution in [2.24, 2.45) is 0 Å². The number of aromatic nitrogens is 1. The van der Waals surface area contributed by atoms with E-state index in [2.05, 4.69) is 15.6 Å². The number of methoxy groups -OCH3 is 1. The second-order valence-corrected chi connectivity index (χ2v) is 6.18. The molecule has 0 unspecified atom stereocenters. The Bertz CT molecular complexity index is 948. The van der Waals surface area contributed by atoms with Gasteiger partial charge in [-0.15, -0.1) is 0 Å². The van der Waals surface area contributed by atoms with Crippen LogP contribution in [0.3, 0.4) is 0 Å². The molecule has 26 heavy (non-hydrogen) atoms. The van der Waals surface area contributed by atoms with Gasteiger partial charge in [0.05, 0.1) is 40.3 Å². The summed E-state index contributed by atoms with van der Waals surface area (Å²) in [7, 11) is 1.60. The van der Waals surface area contributed by atoms with Crippen molar-refractivity contribution >= 4 is 46.2 Å². The maximum atomic E-state index is 12.5. The molecule has 0 radical (unpaired) electrons. The molecule has 0 atom stereocenters. The fourth-order valence-electron chi connectivity index (χ4n) is 2.31. The number of benzene rings is 2. The van der Waals surface area contributed by atoms with Gasteiger partial charge in [-0.25, -0.2) is 0 Å². The second-order valence-electron chi connectivity index (χ2n) is 5.37. The molecule has 0 aliphatic rings. The molecule has 3 aromatic rings. The van der Waals surface area contributed by atoms with E-state index in [1.54, 1.807) is 37.6 Å². The summed E-state index contributed by atoms with van der Waals surface area (Å²) >= 11 is 11.9. The van der Waals surface area contributed by atoms with Crippen molar-refractivity contribution < 1.29 is 9.53 Å². The Morgan fingerprint density at radius 3 is 2.58 bits per heavy atom. The standard InChI is InChI=1S/C19H15Cl2N3O2/c1-26-18-5-3-2-4-17(18)23-14-8-12(10-22-11-14)19(25)24-13-6-7-15(20)16(21)9-13/h2-11,23H,1H3,(H,24,25). The van der Waals surface area contributed by atoms with E-state index in [4.69, 9.17) is 27.9 Å². The first-order valence-corrected chi connectivity index (χ1v) is 8.44. The number of nitrogens with zero attached hydrogens (tertiary/aromatic N) is 1. The molecule has 0 fully saturated rings. The van der Waals surface area contributed by atoms with Gasteiger partial charge in [-0.3, -0.25) is 9.78 Å². The van der Waals surface area contributed by atoms with E-state index in [9.17, 15) is 4.79 Å². The maximum absolute atomic E-state index is 12.5. The molecule has 5 nitrogen and oxygen atoms in total. The van der Waals surface area contributed by atoms with Gasteiger partial charge in [0, 0.05) is 11.9 Å². The van der Waals surface area contributed by atoms with Crippen LogP contribution < -0.4 is 15.4 Å². The van der Waals surface area contributed by atoms with Crippen molar-refractivity contribution in [3.8, 4) is 5.75 Å². The lowest BCUT2D eigenvalue weighted by atomic mass is 10.2. The largest absolute Gasteiger partial charge is 0.495 e. The molecule has 1 heterocycles. The van der Waals surface area contributed by atoms with Crippen molar-refractivity contribution in [3.63, 3.8) is 0 Å². The molecule has 2 aromatic carbocycles. The molecule has 1 aromatic heterocycles. The highest BCUT2D eigenvalue weighted by molar-refractivity contribution is 6.42. The summed E-state index contributed by atoms with van der Waals surface area (Å²) in [6, 6.07) is 14.1. The zero-order valence-electron chi connectivity index (χ0n) is 13.8. The van der Waals surface area contributed by atoms with Gasteiger partial charge in [-0.2, -0.15) is 0 Å². The molecule has 0 spiro atoms. The third-order valence-corrected chi connectivity index (χ3v) is 4.30. The normalized spacial score (nSPS) is 10.3. The van der Waals surface area contributed by atoms with Crippen molar-refractivity contribution in [2.75, 3.05) is 17.7 Å². The van der Waals surface area contributed by atoms with Crippen LogP contribution in [-0.2, 0) is 0 Å². The molecule has 0 aliphatic heterocycles. The molecule has 0 aliphatic carbocycles. The third kappa shape index (κ3) is 4.25. The summed E-state index contributed by atoms with van der Waals surface area (Å²) in [6.07, 6.45) is 3.11.